The molecule has 9 aromatic carbocycles. The molecule has 0 heterocycles. The Labute approximate surface area is 462 Å². The van der Waals surface area contributed by atoms with Gasteiger partial charge in [0.2, 0.25) is 0 Å². The predicted octanol–water partition coefficient (Wildman–Crippen LogP) is 20.9. The number of rotatable bonds is 10. The minimum atomic E-state index is -0.119. The van der Waals surface area contributed by atoms with Gasteiger partial charge in [-0.25, -0.2) is 0 Å². The minimum absolute atomic E-state index is 0.0695. The maximum Gasteiger partial charge on any atom is 0.0465 e. The van der Waals surface area contributed by atoms with Crippen LogP contribution in [0.4, 0.5) is 34.1 Å². The van der Waals surface area contributed by atoms with Crippen LogP contribution in [0.1, 0.15) is 108 Å². The summed E-state index contributed by atoms with van der Waals surface area (Å²) in [6.45, 7) is 19.2. The lowest BCUT2D eigenvalue weighted by atomic mass is 9.77. The molecule has 78 heavy (non-hydrogen) atoms. The van der Waals surface area contributed by atoms with Gasteiger partial charge < -0.3 is 9.80 Å². The third kappa shape index (κ3) is 7.66. The molecule has 0 bridgehead atoms. The van der Waals surface area contributed by atoms with Crippen molar-refractivity contribution < 1.29 is 0 Å². The molecule has 0 saturated heterocycles. The molecule has 1 atom stereocenters. The van der Waals surface area contributed by atoms with Gasteiger partial charge in [0.1, 0.15) is 0 Å². The summed E-state index contributed by atoms with van der Waals surface area (Å²) in [5.74, 6) is 1.20. The molecule has 0 aliphatic heterocycles. The monoisotopic (exact) mass is 1010 g/mol. The summed E-state index contributed by atoms with van der Waals surface area (Å²) in [7, 11) is 0. The van der Waals surface area contributed by atoms with E-state index in [2.05, 4.69) is 284 Å². The van der Waals surface area contributed by atoms with Gasteiger partial charge >= 0.3 is 0 Å². The molecule has 1 fully saturated rings. The van der Waals surface area contributed by atoms with Crippen LogP contribution in [-0.4, -0.2) is 0 Å². The first-order valence-corrected chi connectivity index (χ1v) is 28.5. The summed E-state index contributed by atoms with van der Waals surface area (Å²) in [5, 5.41) is 0. The van der Waals surface area contributed by atoms with Crippen LogP contribution in [0.5, 0.6) is 0 Å². The zero-order valence-electron chi connectivity index (χ0n) is 46.5. The molecule has 0 amide bonds. The fourth-order valence-corrected chi connectivity index (χ4v) is 14.3. The summed E-state index contributed by atoms with van der Waals surface area (Å²) < 4.78 is 0. The third-order valence-electron chi connectivity index (χ3n) is 18.6. The van der Waals surface area contributed by atoms with E-state index >= 15 is 0 Å². The van der Waals surface area contributed by atoms with E-state index in [1.54, 1.807) is 16.7 Å². The summed E-state index contributed by atoms with van der Waals surface area (Å²) in [4.78, 5) is 4.94. The Morgan fingerprint density at radius 1 is 0.372 bits per heavy atom. The zero-order chi connectivity index (χ0) is 53.2. The van der Waals surface area contributed by atoms with Crippen molar-refractivity contribution in [3.63, 3.8) is 0 Å². The minimum Gasteiger partial charge on any atom is -0.310 e. The molecule has 0 aromatic heterocycles. The number of fused-ring (bicyclic) bond motifs is 7. The molecule has 5 aliphatic rings. The maximum atomic E-state index is 2.52. The van der Waals surface area contributed by atoms with Gasteiger partial charge in [-0.3, -0.25) is 0 Å². The second kappa shape index (κ2) is 17.9. The number of nitrogens with zero attached hydrogens (tertiary/aromatic N) is 2. The SMILES string of the molecule is CC1=C(C2=C(C3CC3)C(C)(C)c3cc(N(c4ccc(-c5ccccc5)cc4)c4ccc(-c5ccc(N(c6ccc7c(c6)C(C)(C)c6ccccc6-7)c6ccc7c(c6)C(C)(C)c6ccccc6-7)cc5)cc4)ccc32)CC(C)C=C1. The van der Waals surface area contributed by atoms with Crippen molar-refractivity contribution in [2.75, 3.05) is 9.80 Å². The van der Waals surface area contributed by atoms with Crippen LogP contribution in [0.25, 0.3) is 50.1 Å². The van der Waals surface area contributed by atoms with Crippen LogP contribution in [0.2, 0.25) is 0 Å². The summed E-state index contributed by atoms with van der Waals surface area (Å²) >= 11 is 0. The highest BCUT2D eigenvalue weighted by atomic mass is 15.1. The molecule has 0 radical (unpaired) electrons. The van der Waals surface area contributed by atoms with Gasteiger partial charge in [-0.2, -0.15) is 0 Å². The second-order valence-corrected chi connectivity index (χ2v) is 24.6. The lowest BCUT2D eigenvalue weighted by Crippen LogP contribution is -2.19. The molecule has 9 aromatic rings. The summed E-state index contributed by atoms with van der Waals surface area (Å²) in [5.41, 5.74) is 31.3. The van der Waals surface area contributed by atoms with Crippen LogP contribution in [-0.2, 0) is 16.2 Å². The van der Waals surface area contributed by atoms with Crippen LogP contribution in [0.15, 0.2) is 235 Å². The average molecular weight is 1010 g/mol. The highest BCUT2D eigenvalue weighted by Gasteiger charge is 2.46. The van der Waals surface area contributed by atoms with Crippen molar-refractivity contribution in [1.29, 1.82) is 0 Å². The smallest absolute Gasteiger partial charge is 0.0465 e. The van der Waals surface area contributed by atoms with Crippen molar-refractivity contribution in [3.8, 4) is 44.5 Å². The molecule has 5 aliphatic carbocycles. The Morgan fingerprint density at radius 3 is 1.21 bits per heavy atom. The van der Waals surface area contributed by atoms with E-state index in [9.17, 15) is 0 Å². The van der Waals surface area contributed by atoms with E-state index < -0.39 is 0 Å². The van der Waals surface area contributed by atoms with Gasteiger partial charge in [0.25, 0.3) is 0 Å². The topological polar surface area (TPSA) is 6.48 Å². The van der Waals surface area contributed by atoms with Crippen LogP contribution in [0.3, 0.4) is 0 Å². The van der Waals surface area contributed by atoms with E-state index in [1.807, 2.05) is 0 Å². The van der Waals surface area contributed by atoms with Gasteiger partial charge in [-0.1, -0.05) is 194 Å². The van der Waals surface area contributed by atoms with Crippen molar-refractivity contribution in [2.45, 2.75) is 90.9 Å². The third-order valence-corrected chi connectivity index (χ3v) is 18.6. The van der Waals surface area contributed by atoms with E-state index in [1.165, 1.54) is 102 Å². The molecule has 0 spiro atoms. The largest absolute Gasteiger partial charge is 0.310 e. The van der Waals surface area contributed by atoms with E-state index in [0.717, 1.165) is 34.9 Å². The predicted molar refractivity (Wildman–Crippen MR) is 330 cm³/mol. The highest BCUT2D eigenvalue weighted by Crippen LogP contribution is 2.60. The summed E-state index contributed by atoms with van der Waals surface area (Å²) in [6, 6.07) is 77.9. The zero-order valence-corrected chi connectivity index (χ0v) is 46.5. The maximum absolute atomic E-state index is 2.52. The number of anilines is 6. The van der Waals surface area contributed by atoms with Gasteiger partial charge in [-0.15, -0.1) is 0 Å². The second-order valence-electron chi connectivity index (χ2n) is 24.6. The standard InChI is InChI=1S/C76H68N2/c1-48-22-23-49(2)66(44-48)72-65-43-40-58(47-71(65)76(7,8)73(72)54-24-25-54)77(55-32-26-51(27-33-55)50-16-10-9-11-17-50)56-34-28-52(29-35-56)53-30-36-57(37-31-53)78(59-38-41-63-61-18-12-14-20-67(61)74(3,4)69(63)45-59)60-39-42-64-62-19-13-15-21-68(62)75(5,6)70(64)46-60/h9-23,26-43,45-48,54H,24-25,44H2,1-8H3. The summed E-state index contributed by atoms with van der Waals surface area (Å²) in [6.07, 6.45) is 8.45. The average Bonchev–Trinajstić information content (AvgIpc) is 4.34. The Balaban J connectivity index is 0.836. The Kier molecular flexibility index (Phi) is 11.1. The van der Waals surface area contributed by atoms with E-state index in [0.29, 0.717) is 11.8 Å². The molecule has 0 N–H and O–H groups in total. The number of benzene rings is 9. The lowest BCUT2D eigenvalue weighted by molar-refractivity contribution is 0.599. The molecule has 14 rings (SSSR count). The van der Waals surface area contributed by atoms with Crippen molar-refractivity contribution in [3.05, 3.63) is 269 Å². The highest BCUT2D eigenvalue weighted by molar-refractivity contribution is 5.94. The normalized spacial score (nSPS) is 17.8. The van der Waals surface area contributed by atoms with Gasteiger partial charge in [-0.05, 0) is 211 Å². The van der Waals surface area contributed by atoms with Crippen LogP contribution >= 0.6 is 0 Å². The van der Waals surface area contributed by atoms with Gasteiger partial charge in [0.15, 0.2) is 0 Å². The first-order chi connectivity index (χ1) is 37.8. The molecule has 382 valence electrons. The lowest BCUT2D eigenvalue weighted by Gasteiger charge is -2.30. The number of allylic oxidation sites excluding steroid dienone is 6. The Morgan fingerprint density at radius 2 is 0.744 bits per heavy atom. The van der Waals surface area contributed by atoms with Crippen LogP contribution in [0, 0.1) is 11.8 Å². The Hall–Kier alpha value is -8.20. The first kappa shape index (κ1) is 48.2. The molecule has 2 heteroatoms. The molecule has 1 saturated carbocycles. The number of hydrogen-bond donors (Lipinski definition) is 0. The van der Waals surface area contributed by atoms with Gasteiger partial charge in [0.05, 0.1) is 0 Å². The van der Waals surface area contributed by atoms with E-state index in [4.69, 9.17) is 0 Å². The van der Waals surface area contributed by atoms with Crippen molar-refractivity contribution in [2.24, 2.45) is 11.8 Å². The fraction of sp³-hybridized carbons (Fsp3) is 0.211. The first-order valence-electron chi connectivity index (χ1n) is 28.5. The van der Waals surface area contributed by atoms with Crippen molar-refractivity contribution >= 4 is 39.7 Å². The molecular weight excluding hydrogens is 941 g/mol. The molecule has 2 nitrogen and oxygen atoms in total. The molecular formula is C76H68N2. The van der Waals surface area contributed by atoms with Gasteiger partial charge in [0, 0.05) is 50.4 Å². The quantitative estimate of drug-likeness (QED) is 0.135. The van der Waals surface area contributed by atoms with Crippen molar-refractivity contribution in [1.82, 2.24) is 0 Å². The van der Waals surface area contributed by atoms with Crippen LogP contribution < -0.4 is 9.80 Å². The van der Waals surface area contributed by atoms with E-state index in [-0.39, 0.29) is 16.2 Å². The molecule has 1 unspecified atom stereocenters. The fourth-order valence-electron chi connectivity index (χ4n) is 14.3. The number of hydrogen-bond acceptors (Lipinski definition) is 2. The Bertz CT molecular complexity index is 3860.